The van der Waals surface area contributed by atoms with Gasteiger partial charge < -0.3 is 9.97 Å². The molecule has 0 aliphatic carbocycles. The quantitative estimate of drug-likeness (QED) is 0.339. The van der Waals surface area contributed by atoms with Gasteiger partial charge in [0, 0.05) is 43.6 Å². The van der Waals surface area contributed by atoms with Crippen LogP contribution in [-0.2, 0) is 0 Å². The fourth-order valence-corrected chi connectivity index (χ4v) is 4.16. The van der Waals surface area contributed by atoms with Crippen molar-refractivity contribution >= 4 is 43.6 Å². The van der Waals surface area contributed by atoms with E-state index in [-0.39, 0.29) is 0 Å². The second-order valence-corrected chi connectivity index (χ2v) is 6.83. The number of hydrogen-bond donors (Lipinski definition) is 2. The minimum atomic E-state index is 1.18. The molecule has 0 aliphatic rings. The molecule has 2 heterocycles. The van der Waals surface area contributed by atoms with E-state index in [1.165, 1.54) is 54.7 Å². The molecule has 6 rings (SSSR count). The standard InChI is InChI=1S/C24H16N2/c1-3-9-20-17(6-1)18-13-12-15(14-23(18)26-20)16-8-5-11-22-24(16)19-7-2-4-10-21(19)25-22/h1-14,25-26H. The second-order valence-electron chi connectivity index (χ2n) is 6.83. The molecule has 0 amide bonds. The van der Waals surface area contributed by atoms with Crippen molar-refractivity contribution < 1.29 is 0 Å². The number of aromatic amines is 2. The maximum absolute atomic E-state index is 3.56. The topological polar surface area (TPSA) is 31.6 Å². The Hall–Kier alpha value is -3.52. The zero-order chi connectivity index (χ0) is 17.1. The molecule has 0 bridgehead atoms. The van der Waals surface area contributed by atoms with Crippen LogP contribution >= 0.6 is 0 Å². The van der Waals surface area contributed by atoms with E-state index in [2.05, 4.69) is 94.9 Å². The fourth-order valence-electron chi connectivity index (χ4n) is 4.16. The number of rotatable bonds is 1. The summed E-state index contributed by atoms with van der Waals surface area (Å²) in [5, 5.41) is 5.11. The van der Waals surface area contributed by atoms with Crippen LogP contribution in [0.15, 0.2) is 84.9 Å². The Balaban J connectivity index is 1.68. The maximum atomic E-state index is 3.56. The van der Waals surface area contributed by atoms with Gasteiger partial charge in [0.15, 0.2) is 0 Å². The Labute approximate surface area is 150 Å². The van der Waals surface area contributed by atoms with Gasteiger partial charge in [-0.25, -0.2) is 0 Å². The largest absolute Gasteiger partial charge is 0.354 e. The SMILES string of the molecule is c1ccc2c(c1)[nH]c1cc(-c3cccc4[nH]c5ccccc5c34)ccc12. The molecule has 2 heteroatoms. The predicted molar refractivity (Wildman–Crippen MR) is 111 cm³/mol. The van der Waals surface area contributed by atoms with Gasteiger partial charge in [0.2, 0.25) is 0 Å². The van der Waals surface area contributed by atoms with E-state index in [1.54, 1.807) is 0 Å². The molecule has 2 aromatic heterocycles. The Kier molecular flexibility index (Phi) is 2.64. The molecule has 0 saturated carbocycles. The molecule has 0 aliphatic heterocycles. The third kappa shape index (κ3) is 1.81. The molecule has 0 saturated heterocycles. The van der Waals surface area contributed by atoms with Crippen molar-refractivity contribution in [3.05, 3.63) is 84.9 Å². The van der Waals surface area contributed by atoms with Crippen molar-refractivity contribution in [1.82, 2.24) is 9.97 Å². The van der Waals surface area contributed by atoms with Gasteiger partial charge in [-0.1, -0.05) is 60.7 Å². The highest BCUT2D eigenvalue weighted by Crippen LogP contribution is 2.36. The van der Waals surface area contributed by atoms with Crippen LogP contribution in [0, 0.1) is 0 Å². The summed E-state index contributed by atoms with van der Waals surface area (Å²) in [7, 11) is 0. The maximum Gasteiger partial charge on any atom is 0.0471 e. The number of benzene rings is 4. The summed E-state index contributed by atoms with van der Waals surface area (Å²) in [6, 6.07) is 30.2. The summed E-state index contributed by atoms with van der Waals surface area (Å²) < 4.78 is 0. The average molecular weight is 332 g/mol. The molecule has 6 aromatic rings. The first-order valence-electron chi connectivity index (χ1n) is 8.89. The average Bonchev–Trinajstić information content (AvgIpc) is 3.25. The van der Waals surface area contributed by atoms with Gasteiger partial charge in [-0.3, -0.25) is 0 Å². The third-order valence-electron chi connectivity index (χ3n) is 5.35. The summed E-state index contributed by atoms with van der Waals surface area (Å²) in [6.07, 6.45) is 0. The smallest absolute Gasteiger partial charge is 0.0471 e. The van der Waals surface area contributed by atoms with E-state index in [9.17, 15) is 0 Å². The van der Waals surface area contributed by atoms with E-state index < -0.39 is 0 Å². The fraction of sp³-hybridized carbons (Fsp3) is 0. The monoisotopic (exact) mass is 332 g/mol. The van der Waals surface area contributed by atoms with Gasteiger partial charge in [-0.05, 0) is 35.4 Å². The van der Waals surface area contributed by atoms with Crippen LogP contribution in [0.1, 0.15) is 0 Å². The zero-order valence-electron chi connectivity index (χ0n) is 14.1. The number of aromatic nitrogens is 2. The van der Waals surface area contributed by atoms with Crippen LogP contribution < -0.4 is 0 Å². The second kappa shape index (κ2) is 4.99. The molecule has 0 radical (unpaired) electrons. The Morgan fingerprint density at radius 1 is 0.462 bits per heavy atom. The molecule has 2 nitrogen and oxygen atoms in total. The van der Waals surface area contributed by atoms with Gasteiger partial charge in [0.1, 0.15) is 0 Å². The number of H-pyrrole nitrogens is 2. The zero-order valence-corrected chi connectivity index (χ0v) is 14.1. The number of fused-ring (bicyclic) bond motifs is 6. The lowest BCUT2D eigenvalue weighted by Gasteiger charge is -2.05. The van der Waals surface area contributed by atoms with Gasteiger partial charge in [-0.15, -0.1) is 0 Å². The van der Waals surface area contributed by atoms with Crippen LogP contribution in [0.5, 0.6) is 0 Å². The summed E-state index contributed by atoms with van der Waals surface area (Å²) in [5.41, 5.74) is 7.23. The lowest BCUT2D eigenvalue weighted by atomic mass is 9.98. The highest BCUT2D eigenvalue weighted by Gasteiger charge is 2.11. The van der Waals surface area contributed by atoms with Gasteiger partial charge in [0.05, 0.1) is 0 Å². The van der Waals surface area contributed by atoms with Crippen LogP contribution in [0.25, 0.3) is 54.7 Å². The molecule has 0 atom stereocenters. The van der Waals surface area contributed by atoms with Crippen molar-refractivity contribution in [2.45, 2.75) is 0 Å². The minimum Gasteiger partial charge on any atom is -0.354 e. The van der Waals surface area contributed by atoms with E-state index >= 15 is 0 Å². The molecule has 4 aromatic carbocycles. The Morgan fingerprint density at radius 2 is 1.12 bits per heavy atom. The summed E-state index contributed by atoms with van der Waals surface area (Å²) >= 11 is 0. The van der Waals surface area contributed by atoms with Crippen molar-refractivity contribution in [1.29, 1.82) is 0 Å². The van der Waals surface area contributed by atoms with Crippen LogP contribution in [-0.4, -0.2) is 9.97 Å². The van der Waals surface area contributed by atoms with Crippen molar-refractivity contribution in [2.75, 3.05) is 0 Å². The number of hydrogen-bond acceptors (Lipinski definition) is 0. The van der Waals surface area contributed by atoms with Crippen LogP contribution in [0.2, 0.25) is 0 Å². The lowest BCUT2D eigenvalue weighted by molar-refractivity contribution is 1.54. The van der Waals surface area contributed by atoms with Gasteiger partial charge in [0.25, 0.3) is 0 Å². The van der Waals surface area contributed by atoms with E-state index in [4.69, 9.17) is 0 Å². The normalized spacial score (nSPS) is 11.8. The molecular formula is C24H16N2. The lowest BCUT2D eigenvalue weighted by Crippen LogP contribution is -1.80. The first-order chi connectivity index (χ1) is 12.9. The minimum absolute atomic E-state index is 1.18. The van der Waals surface area contributed by atoms with Crippen LogP contribution in [0.3, 0.4) is 0 Å². The predicted octanol–water partition coefficient (Wildman–Crippen LogP) is 6.62. The molecule has 0 spiro atoms. The Morgan fingerprint density at radius 3 is 2.00 bits per heavy atom. The number of nitrogens with one attached hydrogen (secondary N) is 2. The molecule has 0 fully saturated rings. The van der Waals surface area contributed by atoms with E-state index in [0.717, 1.165) is 0 Å². The molecular weight excluding hydrogens is 316 g/mol. The van der Waals surface area contributed by atoms with Crippen molar-refractivity contribution in [3.8, 4) is 11.1 Å². The van der Waals surface area contributed by atoms with E-state index in [1.807, 2.05) is 0 Å². The summed E-state index contributed by atoms with van der Waals surface area (Å²) in [5.74, 6) is 0. The molecule has 0 unspecified atom stereocenters. The number of para-hydroxylation sites is 2. The third-order valence-corrected chi connectivity index (χ3v) is 5.35. The highest BCUT2D eigenvalue weighted by atomic mass is 14.7. The van der Waals surface area contributed by atoms with E-state index in [0.29, 0.717) is 0 Å². The first-order valence-corrected chi connectivity index (χ1v) is 8.89. The molecule has 26 heavy (non-hydrogen) atoms. The molecule has 122 valence electrons. The Bertz CT molecular complexity index is 1430. The van der Waals surface area contributed by atoms with Crippen LogP contribution in [0.4, 0.5) is 0 Å². The van der Waals surface area contributed by atoms with Gasteiger partial charge in [-0.2, -0.15) is 0 Å². The summed E-state index contributed by atoms with van der Waals surface area (Å²) in [4.78, 5) is 7.10. The van der Waals surface area contributed by atoms with Crippen molar-refractivity contribution in [2.24, 2.45) is 0 Å². The molecule has 2 N–H and O–H groups in total. The highest BCUT2D eigenvalue weighted by molar-refractivity contribution is 6.15. The first kappa shape index (κ1) is 13.7. The summed E-state index contributed by atoms with van der Waals surface area (Å²) in [6.45, 7) is 0. The van der Waals surface area contributed by atoms with Crippen molar-refractivity contribution in [3.63, 3.8) is 0 Å². The van der Waals surface area contributed by atoms with Gasteiger partial charge >= 0.3 is 0 Å².